The number of aryl methyl sites for hydroxylation is 2. The van der Waals surface area contributed by atoms with E-state index in [1.54, 1.807) is 49.4 Å². The van der Waals surface area contributed by atoms with Crippen molar-refractivity contribution in [1.29, 1.82) is 0 Å². The van der Waals surface area contributed by atoms with Gasteiger partial charge in [-0.2, -0.15) is 0 Å². The fourth-order valence-corrected chi connectivity index (χ4v) is 2.77. The number of carbonyl (C=O) groups excluding carboxylic acids is 2. The molecule has 0 unspecified atom stereocenters. The molecule has 28 heavy (non-hydrogen) atoms. The first-order valence-corrected chi connectivity index (χ1v) is 9.01. The Labute approximate surface area is 168 Å². The molecule has 7 heteroatoms. The van der Waals surface area contributed by atoms with Crippen LogP contribution in [-0.4, -0.2) is 21.7 Å². The number of nitrogens with one attached hydrogen (secondary N) is 2. The van der Waals surface area contributed by atoms with Crippen LogP contribution in [0.3, 0.4) is 0 Å². The molecule has 0 spiro atoms. The van der Waals surface area contributed by atoms with Crippen LogP contribution in [-0.2, 0) is 0 Å². The van der Waals surface area contributed by atoms with Gasteiger partial charge in [-0.15, -0.1) is 0 Å². The van der Waals surface area contributed by atoms with Crippen LogP contribution in [0.2, 0.25) is 5.02 Å². The molecule has 0 saturated carbocycles. The molecule has 0 atom stereocenters. The van der Waals surface area contributed by atoms with Crippen molar-refractivity contribution < 1.29 is 9.59 Å². The first-order chi connectivity index (χ1) is 13.3. The van der Waals surface area contributed by atoms with Crippen LogP contribution in [0.1, 0.15) is 39.2 Å². The standard InChI is InChI=1S/C21H19ClN4O2/c1-12-4-7-16(22)10-18(12)26-21(28)19-11-20(24-14(3)23-19)25-17-8-5-15(6-9-17)13(2)27/h4-11H,1-3H3,(H,26,28)(H,23,24,25). The van der Waals surface area contributed by atoms with Crippen molar-refractivity contribution in [1.82, 2.24) is 9.97 Å². The number of anilines is 3. The van der Waals surface area contributed by atoms with E-state index in [0.29, 0.717) is 27.9 Å². The first kappa shape index (κ1) is 19.5. The Morgan fingerprint density at radius 2 is 1.68 bits per heavy atom. The molecule has 1 aromatic heterocycles. The minimum Gasteiger partial charge on any atom is -0.340 e. The van der Waals surface area contributed by atoms with E-state index >= 15 is 0 Å². The topological polar surface area (TPSA) is 84.0 Å². The fourth-order valence-electron chi connectivity index (χ4n) is 2.60. The molecule has 1 amide bonds. The molecule has 0 radical (unpaired) electrons. The van der Waals surface area contributed by atoms with Crippen LogP contribution in [0.4, 0.5) is 17.2 Å². The van der Waals surface area contributed by atoms with Crippen molar-refractivity contribution in [3.63, 3.8) is 0 Å². The van der Waals surface area contributed by atoms with Crippen LogP contribution in [0, 0.1) is 13.8 Å². The largest absolute Gasteiger partial charge is 0.340 e. The number of carbonyl (C=O) groups is 2. The number of nitrogens with zero attached hydrogens (tertiary/aromatic N) is 2. The number of rotatable bonds is 5. The Morgan fingerprint density at radius 1 is 0.964 bits per heavy atom. The van der Waals surface area contributed by atoms with Crippen LogP contribution in [0.5, 0.6) is 0 Å². The summed E-state index contributed by atoms with van der Waals surface area (Å²) < 4.78 is 0. The lowest BCUT2D eigenvalue weighted by Gasteiger charge is -2.11. The normalized spacial score (nSPS) is 10.4. The summed E-state index contributed by atoms with van der Waals surface area (Å²) in [6.07, 6.45) is 0. The van der Waals surface area contributed by atoms with Crippen molar-refractivity contribution in [2.75, 3.05) is 10.6 Å². The zero-order valence-electron chi connectivity index (χ0n) is 15.7. The van der Waals surface area contributed by atoms with E-state index in [4.69, 9.17) is 11.6 Å². The van der Waals surface area contributed by atoms with Gasteiger partial charge in [0.05, 0.1) is 0 Å². The molecule has 0 aliphatic heterocycles. The summed E-state index contributed by atoms with van der Waals surface area (Å²) in [4.78, 5) is 32.6. The van der Waals surface area contributed by atoms with Crippen LogP contribution < -0.4 is 10.6 Å². The van der Waals surface area contributed by atoms with E-state index in [1.807, 2.05) is 13.0 Å². The van der Waals surface area contributed by atoms with Gasteiger partial charge in [0.1, 0.15) is 17.3 Å². The third-order valence-electron chi connectivity index (χ3n) is 4.08. The second kappa shape index (κ2) is 8.19. The summed E-state index contributed by atoms with van der Waals surface area (Å²) in [6.45, 7) is 5.11. The molecule has 3 rings (SSSR count). The maximum Gasteiger partial charge on any atom is 0.274 e. The fraction of sp³-hybridized carbons (Fsp3) is 0.143. The SMILES string of the molecule is CC(=O)c1ccc(Nc2cc(C(=O)Nc3cc(Cl)ccc3C)nc(C)n2)cc1. The number of hydrogen-bond donors (Lipinski definition) is 2. The molecule has 6 nitrogen and oxygen atoms in total. The van der Waals surface area contributed by atoms with Gasteiger partial charge >= 0.3 is 0 Å². The molecule has 0 aliphatic rings. The van der Waals surface area contributed by atoms with Gasteiger partial charge in [0.15, 0.2) is 5.78 Å². The predicted molar refractivity (Wildman–Crippen MR) is 111 cm³/mol. The first-order valence-electron chi connectivity index (χ1n) is 8.63. The highest BCUT2D eigenvalue weighted by Gasteiger charge is 2.13. The van der Waals surface area contributed by atoms with Gasteiger partial charge < -0.3 is 10.6 Å². The lowest BCUT2D eigenvalue weighted by molar-refractivity contribution is 0.101. The predicted octanol–water partition coefficient (Wildman–Crippen LogP) is 4.95. The van der Waals surface area contributed by atoms with Gasteiger partial charge in [-0.3, -0.25) is 9.59 Å². The number of benzene rings is 2. The number of Topliss-reactive ketones (excluding diaryl/α,β-unsaturated/α-hetero) is 1. The zero-order valence-corrected chi connectivity index (χ0v) is 16.5. The Bertz CT molecular complexity index is 1050. The van der Waals surface area contributed by atoms with E-state index in [0.717, 1.165) is 11.3 Å². The molecular weight excluding hydrogens is 376 g/mol. The number of aromatic nitrogens is 2. The second-order valence-corrected chi connectivity index (χ2v) is 6.79. The van der Waals surface area contributed by atoms with Gasteiger partial charge in [-0.25, -0.2) is 9.97 Å². The van der Waals surface area contributed by atoms with Crippen LogP contribution >= 0.6 is 11.6 Å². The molecule has 0 bridgehead atoms. The highest BCUT2D eigenvalue weighted by atomic mass is 35.5. The average Bonchev–Trinajstić information content (AvgIpc) is 2.64. The van der Waals surface area contributed by atoms with E-state index in [2.05, 4.69) is 20.6 Å². The number of halogens is 1. The smallest absolute Gasteiger partial charge is 0.274 e. The molecule has 2 aromatic carbocycles. The van der Waals surface area contributed by atoms with Gasteiger partial charge in [0.25, 0.3) is 5.91 Å². The van der Waals surface area contributed by atoms with Crippen molar-refractivity contribution in [2.45, 2.75) is 20.8 Å². The summed E-state index contributed by atoms with van der Waals surface area (Å²) in [7, 11) is 0. The highest BCUT2D eigenvalue weighted by molar-refractivity contribution is 6.31. The Morgan fingerprint density at radius 3 is 2.36 bits per heavy atom. The third-order valence-corrected chi connectivity index (χ3v) is 4.32. The van der Waals surface area contributed by atoms with Gasteiger partial charge in [-0.1, -0.05) is 17.7 Å². The van der Waals surface area contributed by atoms with E-state index in [-0.39, 0.29) is 17.4 Å². The Balaban J connectivity index is 1.81. The minimum absolute atomic E-state index is 0.000281. The van der Waals surface area contributed by atoms with Crippen molar-refractivity contribution in [2.24, 2.45) is 0 Å². The summed E-state index contributed by atoms with van der Waals surface area (Å²) in [5.74, 6) is 0.583. The molecule has 0 aliphatic carbocycles. The van der Waals surface area contributed by atoms with Gasteiger partial charge in [0.2, 0.25) is 0 Å². The van der Waals surface area contributed by atoms with Crippen LogP contribution in [0.15, 0.2) is 48.5 Å². The van der Waals surface area contributed by atoms with Crippen molar-refractivity contribution in [3.05, 3.63) is 76.2 Å². The molecule has 2 N–H and O–H groups in total. The lowest BCUT2D eigenvalue weighted by atomic mass is 10.1. The van der Waals surface area contributed by atoms with Crippen molar-refractivity contribution in [3.8, 4) is 0 Å². The summed E-state index contributed by atoms with van der Waals surface area (Å²) in [6, 6.07) is 13.9. The van der Waals surface area contributed by atoms with Crippen LogP contribution in [0.25, 0.3) is 0 Å². The molecular formula is C21H19ClN4O2. The Hall–Kier alpha value is -3.25. The van der Waals surface area contributed by atoms with Gasteiger partial charge in [0, 0.05) is 28.0 Å². The molecule has 3 aromatic rings. The maximum atomic E-state index is 12.6. The number of amides is 1. The zero-order chi connectivity index (χ0) is 20.3. The molecule has 0 fully saturated rings. The molecule has 142 valence electrons. The third kappa shape index (κ3) is 4.72. The molecule has 0 saturated heterocycles. The summed E-state index contributed by atoms with van der Waals surface area (Å²) in [5, 5.41) is 6.49. The minimum atomic E-state index is -0.356. The summed E-state index contributed by atoms with van der Waals surface area (Å²) >= 11 is 6.01. The average molecular weight is 395 g/mol. The van der Waals surface area contributed by atoms with E-state index in [9.17, 15) is 9.59 Å². The van der Waals surface area contributed by atoms with E-state index < -0.39 is 0 Å². The van der Waals surface area contributed by atoms with Gasteiger partial charge in [-0.05, 0) is 62.7 Å². The highest BCUT2D eigenvalue weighted by Crippen LogP contribution is 2.21. The number of hydrogen-bond acceptors (Lipinski definition) is 5. The van der Waals surface area contributed by atoms with Crippen molar-refractivity contribution >= 4 is 40.5 Å². The van der Waals surface area contributed by atoms with E-state index in [1.165, 1.54) is 6.92 Å². The summed E-state index contributed by atoms with van der Waals surface area (Å²) in [5.41, 5.74) is 3.13. The quantitative estimate of drug-likeness (QED) is 0.598. The maximum absolute atomic E-state index is 12.6. The Kier molecular flexibility index (Phi) is 5.70. The monoisotopic (exact) mass is 394 g/mol. The lowest BCUT2D eigenvalue weighted by Crippen LogP contribution is -2.16. The molecule has 1 heterocycles. The second-order valence-electron chi connectivity index (χ2n) is 6.36. The number of ketones is 1.